The van der Waals surface area contributed by atoms with Gasteiger partial charge in [0, 0.05) is 38.1 Å². The van der Waals surface area contributed by atoms with Gasteiger partial charge in [0.1, 0.15) is 0 Å². The van der Waals surface area contributed by atoms with Crippen molar-refractivity contribution in [3.8, 4) is 11.4 Å². The van der Waals surface area contributed by atoms with Crippen LogP contribution in [0.1, 0.15) is 33.2 Å². The molecule has 0 saturated heterocycles. The molecule has 0 spiro atoms. The van der Waals surface area contributed by atoms with Crippen molar-refractivity contribution in [2.75, 3.05) is 25.6 Å². The number of hydrogen-bond donors (Lipinski definition) is 3. The second kappa shape index (κ2) is 11.8. The molecule has 11 heteroatoms. The molecule has 0 bridgehead atoms. The van der Waals surface area contributed by atoms with Gasteiger partial charge in [-0.2, -0.15) is 4.98 Å². The summed E-state index contributed by atoms with van der Waals surface area (Å²) in [4.78, 5) is 34.1. The number of benzene rings is 1. The van der Waals surface area contributed by atoms with Crippen molar-refractivity contribution in [2.24, 2.45) is 0 Å². The number of methoxy groups -OCH3 is 1. The number of anilines is 1. The average Bonchev–Trinajstić information content (AvgIpc) is 3.33. The van der Waals surface area contributed by atoms with Gasteiger partial charge in [-0.1, -0.05) is 34.7 Å². The molecule has 0 radical (unpaired) electrons. The van der Waals surface area contributed by atoms with E-state index in [1.807, 2.05) is 19.1 Å². The van der Waals surface area contributed by atoms with Crippen molar-refractivity contribution in [1.29, 1.82) is 0 Å². The number of rotatable bonds is 9. The average molecular weight is 459 g/mol. The molecule has 0 aliphatic heterocycles. The second-order valence-electron chi connectivity index (χ2n) is 6.60. The summed E-state index contributed by atoms with van der Waals surface area (Å²) < 4.78 is 9.96. The van der Waals surface area contributed by atoms with Crippen molar-refractivity contribution in [1.82, 2.24) is 26.6 Å². The molecule has 0 saturated carbocycles. The van der Waals surface area contributed by atoms with E-state index < -0.39 is 0 Å². The number of aromatic nitrogens is 3. The van der Waals surface area contributed by atoms with E-state index in [4.69, 9.17) is 9.26 Å². The van der Waals surface area contributed by atoms with Gasteiger partial charge in [0.05, 0.1) is 17.2 Å². The predicted octanol–water partition coefficient (Wildman–Crippen LogP) is 3.39. The Balaban J connectivity index is 0.00000363. The van der Waals surface area contributed by atoms with Crippen molar-refractivity contribution >= 4 is 34.4 Å². The van der Waals surface area contributed by atoms with Crippen LogP contribution in [0.2, 0.25) is 0 Å². The molecule has 32 heavy (non-hydrogen) atoms. The minimum absolute atomic E-state index is 0. The summed E-state index contributed by atoms with van der Waals surface area (Å²) in [6, 6.07) is 6.90. The normalized spacial score (nSPS) is 10.7. The Hall–Kier alpha value is -3.41. The molecule has 2 amide bonds. The number of nitrogens with zero attached hydrogens (tertiary/aromatic N) is 3. The summed E-state index contributed by atoms with van der Waals surface area (Å²) in [5.74, 6) is 0.356. The van der Waals surface area contributed by atoms with Gasteiger partial charge < -0.3 is 26.0 Å². The molecule has 170 valence electrons. The SMILES string of the molecule is COC/C=C/c1sc(NC(=O)CCNC(=O)c2cccc(-c3noc(C)n3)c2)nc1C.N. The van der Waals surface area contributed by atoms with E-state index in [2.05, 4.69) is 25.8 Å². The zero-order chi connectivity index (χ0) is 22.2. The van der Waals surface area contributed by atoms with Crippen LogP contribution in [0.15, 0.2) is 34.9 Å². The van der Waals surface area contributed by atoms with Crippen molar-refractivity contribution in [3.05, 3.63) is 52.4 Å². The molecular formula is C21H26N6O4S. The van der Waals surface area contributed by atoms with Crippen LogP contribution in [0.4, 0.5) is 5.13 Å². The van der Waals surface area contributed by atoms with Crippen LogP contribution in [0.25, 0.3) is 17.5 Å². The van der Waals surface area contributed by atoms with Crippen molar-refractivity contribution < 1.29 is 18.8 Å². The van der Waals surface area contributed by atoms with Gasteiger partial charge in [-0.25, -0.2) is 4.98 Å². The Morgan fingerprint density at radius 2 is 2.06 bits per heavy atom. The maximum Gasteiger partial charge on any atom is 0.251 e. The lowest BCUT2D eigenvalue weighted by Gasteiger charge is -2.06. The zero-order valence-corrected chi connectivity index (χ0v) is 19.0. The molecule has 1 aromatic carbocycles. The monoisotopic (exact) mass is 458 g/mol. The van der Waals surface area contributed by atoms with Crippen LogP contribution in [-0.2, 0) is 9.53 Å². The fourth-order valence-electron chi connectivity index (χ4n) is 2.66. The van der Waals surface area contributed by atoms with Crippen LogP contribution in [0, 0.1) is 13.8 Å². The summed E-state index contributed by atoms with van der Waals surface area (Å²) in [6.45, 7) is 4.28. The van der Waals surface area contributed by atoms with Gasteiger partial charge in [0.15, 0.2) is 5.13 Å². The summed E-state index contributed by atoms with van der Waals surface area (Å²) in [5, 5.41) is 9.89. The van der Waals surface area contributed by atoms with Gasteiger partial charge in [-0.15, -0.1) is 0 Å². The number of aryl methyl sites for hydroxylation is 2. The second-order valence-corrected chi connectivity index (χ2v) is 7.63. The Kier molecular flexibility index (Phi) is 9.20. The third kappa shape index (κ3) is 6.80. The molecule has 0 atom stereocenters. The molecule has 3 rings (SSSR count). The first-order valence-electron chi connectivity index (χ1n) is 9.58. The highest BCUT2D eigenvalue weighted by Gasteiger charge is 2.12. The van der Waals surface area contributed by atoms with Gasteiger partial charge in [0.2, 0.25) is 17.6 Å². The largest absolute Gasteiger partial charge is 0.381 e. The summed E-state index contributed by atoms with van der Waals surface area (Å²) in [5.41, 5.74) is 1.96. The van der Waals surface area contributed by atoms with E-state index in [1.165, 1.54) is 11.3 Å². The molecule has 3 aromatic rings. The third-order valence-electron chi connectivity index (χ3n) is 4.16. The Bertz CT molecular complexity index is 1090. The van der Waals surface area contributed by atoms with E-state index in [-0.39, 0.29) is 30.9 Å². The number of hydrogen-bond acceptors (Lipinski definition) is 9. The predicted molar refractivity (Wildman–Crippen MR) is 123 cm³/mol. The lowest BCUT2D eigenvalue weighted by Crippen LogP contribution is -2.27. The molecule has 2 heterocycles. The Labute approximate surface area is 189 Å². The van der Waals surface area contributed by atoms with E-state index in [9.17, 15) is 9.59 Å². The number of nitrogens with one attached hydrogen (secondary N) is 2. The summed E-state index contributed by atoms with van der Waals surface area (Å²) >= 11 is 1.38. The lowest BCUT2D eigenvalue weighted by molar-refractivity contribution is -0.116. The number of ether oxygens (including phenoxy) is 1. The first kappa shape index (κ1) is 24.9. The third-order valence-corrected chi connectivity index (χ3v) is 5.20. The van der Waals surface area contributed by atoms with Gasteiger partial charge in [0.25, 0.3) is 5.91 Å². The van der Waals surface area contributed by atoms with E-state index in [0.717, 1.165) is 10.6 Å². The fourth-order valence-corrected chi connectivity index (χ4v) is 3.57. The smallest absolute Gasteiger partial charge is 0.251 e. The molecule has 0 aliphatic carbocycles. The lowest BCUT2D eigenvalue weighted by atomic mass is 10.1. The van der Waals surface area contributed by atoms with Crippen LogP contribution >= 0.6 is 11.3 Å². The van der Waals surface area contributed by atoms with E-state index in [1.54, 1.807) is 38.3 Å². The highest BCUT2D eigenvalue weighted by atomic mass is 32.1. The summed E-state index contributed by atoms with van der Waals surface area (Å²) in [7, 11) is 1.62. The quantitative estimate of drug-likeness (QED) is 0.441. The molecule has 0 fully saturated rings. The van der Waals surface area contributed by atoms with E-state index in [0.29, 0.717) is 34.6 Å². The number of amides is 2. The number of thiazole rings is 1. The Morgan fingerprint density at radius 3 is 2.78 bits per heavy atom. The van der Waals surface area contributed by atoms with Gasteiger partial charge in [-0.3, -0.25) is 9.59 Å². The highest BCUT2D eigenvalue weighted by Crippen LogP contribution is 2.24. The molecular weight excluding hydrogens is 432 g/mol. The first-order valence-corrected chi connectivity index (χ1v) is 10.4. The Morgan fingerprint density at radius 1 is 1.25 bits per heavy atom. The van der Waals surface area contributed by atoms with Crippen LogP contribution < -0.4 is 16.8 Å². The van der Waals surface area contributed by atoms with Crippen LogP contribution in [-0.4, -0.2) is 47.2 Å². The van der Waals surface area contributed by atoms with Crippen molar-refractivity contribution in [3.63, 3.8) is 0 Å². The molecule has 5 N–H and O–H groups in total. The maximum absolute atomic E-state index is 12.4. The summed E-state index contributed by atoms with van der Waals surface area (Å²) in [6.07, 6.45) is 3.93. The standard InChI is InChI=1S/C21H23N5O4S.H3N/c1-13-17(8-5-11-29-3)31-21(23-13)25-18(27)9-10-22-20(28)16-7-4-6-15(12-16)19-24-14(2)30-26-19;/h4-8,12H,9-11H2,1-3H3,(H,22,28)(H,23,25,27);1H3/b8-5+;. The van der Waals surface area contributed by atoms with E-state index >= 15 is 0 Å². The van der Waals surface area contributed by atoms with Crippen molar-refractivity contribution in [2.45, 2.75) is 20.3 Å². The maximum atomic E-state index is 12.4. The van der Waals surface area contributed by atoms with Gasteiger partial charge >= 0.3 is 0 Å². The van der Waals surface area contributed by atoms with Crippen LogP contribution in [0.3, 0.4) is 0 Å². The van der Waals surface area contributed by atoms with Crippen LogP contribution in [0.5, 0.6) is 0 Å². The molecule has 0 aliphatic rings. The molecule has 10 nitrogen and oxygen atoms in total. The first-order chi connectivity index (χ1) is 15.0. The number of carbonyl (C=O) groups is 2. The minimum Gasteiger partial charge on any atom is -0.381 e. The number of carbonyl (C=O) groups excluding carboxylic acids is 2. The molecule has 0 unspecified atom stereocenters. The zero-order valence-electron chi connectivity index (χ0n) is 18.2. The highest BCUT2D eigenvalue weighted by molar-refractivity contribution is 7.16. The topological polar surface area (TPSA) is 154 Å². The molecule has 2 aromatic heterocycles. The minimum atomic E-state index is -0.287. The van der Waals surface area contributed by atoms with Gasteiger partial charge in [-0.05, 0) is 25.1 Å². The fraction of sp³-hybridized carbons (Fsp3) is 0.286.